The molecule has 0 aliphatic rings. The Hall–Kier alpha value is -3.52. The summed E-state index contributed by atoms with van der Waals surface area (Å²) in [6, 6.07) is 16.5. The third kappa shape index (κ3) is 5.55. The number of aromatic nitrogens is 1. The standard InChI is InChI=1S/C23H23N3O4S/c1-29-18-11-7-8-15(13-18)12-17-14-24-20(22(28)30-2)19(17)25-23(31-3)26-21(27)16-9-5-4-6-10-16/h4-11,13-14,24H,12H2,1-3H3,(H,25,26,27). The minimum Gasteiger partial charge on any atom is -0.497 e. The molecule has 0 radical (unpaired) electrons. The molecule has 8 heteroatoms. The molecule has 0 unspecified atom stereocenters. The van der Waals surface area contributed by atoms with Crippen molar-refractivity contribution in [3.8, 4) is 5.75 Å². The van der Waals surface area contributed by atoms with Gasteiger partial charge < -0.3 is 19.8 Å². The van der Waals surface area contributed by atoms with Gasteiger partial charge in [0.2, 0.25) is 0 Å². The van der Waals surface area contributed by atoms with Gasteiger partial charge in [-0.25, -0.2) is 9.79 Å². The summed E-state index contributed by atoms with van der Waals surface area (Å²) in [7, 11) is 2.92. The van der Waals surface area contributed by atoms with Gasteiger partial charge in [0, 0.05) is 23.7 Å². The Morgan fingerprint density at radius 1 is 1.10 bits per heavy atom. The molecule has 31 heavy (non-hydrogen) atoms. The highest BCUT2D eigenvalue weighted by Gasteiger charge is 2.20. The van der Waals surface area contributed by atoms with Crippen LogP contribution < -0.4 is 10.1 Å². The molecule has 2 N–H and O–H groups in total. The van der Waals surface area contributed by atoms with Crippen LogP contribution in [0.4, 0.5) is 5.69 Å². The Balaban J connectivity index is 1.95. The van der Waals surface area contributed by atoms with Crippen molar-refractivity contribution in [2.75, 3.05) is 20.5 Å². The van der Waals surface area contributed by atoms with Crippen LogP contribution in [0.25, 0.3) is 0 Å². The topological polar surface area (TPSA) is 92.8 Å². The van der Waals surface area contributed by atoms with Gasteiger partial charge >= 0.3 is 5.97 Å². The second-order valence-electron chi connectivity index (χ2n) is 6.50. The van der Waals surface area contributed by atoms with E-state index in [1.807, 2.05) is 30.3 Å². The number of benzene rings is 2. The first kappa shape index (κ1) is 22.2. The third-order valence-electron chi connectivity index (χ3n) is 4.51. The molecule has 0 bridgehead atoms. The molecule has 0 saturated carbocycles. The molecule has 0 atom stereocenters. The summed E-state index contributed by atoms with van der Waals surface area (Å²) in [5.74, 6) is -0.0742. The average Bonchev–Trinajstić information content (AvgIpc) is 3.20. The predicted octanol–water partition coefficient (Wildman–Crippen LogP) is 4.18. The maximum absolute atomic E-state index is 12.5. The van der Waals surface area contributed by atoms with E-state index in [0.717, 1.165) is 16.9 Å². The molecule has 1 amide bonds. The summed E-state index contributed by atoms with van der Waals surface area (Å²) in [6.45, 7) is 0. The molecule has 160 valence electrons. The van der Waals surface area contributed by atoms with E-state index in [0.29, 0.717) is 22.8 Å². The molecule has 7 nitrogen and oxygen atoms in total. The zero-order chi connectivity index (χ0) is 22.2. The van der Waals surface area contributed by atoms with Crippen molar-refractivity contribution < 1.29 is 19.1 Å². The molecular formula is C23H23N3O4S. The quantitative estimate of drug-likeness (QED) is 0.343. The van der Waals surface area contributed by atoms with Crippen LogP contribution in [0.15, 0.2) is 65.8 Å². The summed E-state index contributed by atoms with van der Waals surface area (Å²) >= 11 is 1.27. The number of aromatic amines is 1. The van der Waals surface area contributed by atoms with Crippen molar-refractivity contribution in [2.24, 2.45) is 4.99 Å². The Morgan fingerprint density at radius 2 is 1.87 bits per heavy atom. The van der Waals surface area contributed by atoms with Gasteiger partial charge in [0.15, 0.2) is 10.9 Å². The monoisotopic (exact) mass is 437 g/mol. The molecule has 0 aliphatic carbocycles. The molecule has 0 spiro atoms. The largest absolute Gasteiger partial charge is 0.497 e. The number of thioether (sulfide) groups is 1. The Labute approximate surface area is 184 Å². The first-order valence-corrected chi connectivity index (χ1v) is 10.7. The lowest BCUT2D eigenvalue weighted by atomic mass is 10.1. The molecule has 0 fully saturated rings. The van der Waals surface area contributed by atoms with Gasteiger partial charge in [-0.2, -0.15) is 0 Å². The van der Waals surface area contributed by atoms with E-state index >= 15 is 0 Å². The molecule has 1 heterocycles. The summed E-state index contributed by atoms with van der Waals surface area (Å²) in [6.07, 6.45) is 4.04. The number of methoxy groups -OCH3 is 2. The summed E-state index contributed by atoms with van der Waals surface area (Å²) in [5.41, 5.74) is 2.94. The zero-order valence-electron chi connectivity index (χ0n) is 17.5. The second kappa shape index (κ2) is 10.5. The number of H-pyrrole nitrogens is 1. The summed E-state index contributed by atoms with van der Waals surface area (Å²) < 4.78 is 10.2. The fourth-order valence-electron chi connectivity index (χ4n) is 2.96. The smallest absolute Gasteiger partial charge is 0.356 e. The predicted molar refractivity (Wildman–Crippen MR) is 122 cm³/mol. The average molecular weight is 438 g/mol. The van der Waals surface area contributed by atoms with Gasteiger partial charge in [0.05, 0.1) is 14.2 Å². The number of aliphatic imine (C=N–C) groups is 1. The molecule has 3 aromatic rings. The van der Waals surface area contributed by atoms with Crippen LogP contribution in [0.2, 0.25) is 0 Å². The van der Waals surface area contributed by atoms with Crippen LogP contribution in [-0.2, 0) is 11.2 Å². The van der Waals surface area contributed by atoms with E-state index in [2.05, 4.69) is 15.3 Å². The lowest BCUT2D eigenvalue weighted by molar-refractivity contribution is 0.0595. The molecule has 0 saturated heterocycles. The number of nitrogens with zero attached hydrogens (tertiary/aromatic N) is 1. The molecule has 1 aromatic heterocycles. The minimum atomic E-state index is -0.537. The number of carbonyl (C=O) groups excluding carboxylic acids is 2. The number of carbonyl (C=O) groups is 2. The minimum absolute atomic E-state index is 0.223. The van der Waals surface area contributed by atoms with Crippen LogP contribution in [0.5, 0.6) is 5.75 Å². The maximum Gasteiger partial charge on any atom is 0.356 e. The Kier molecular flexibility index (Phi) is 7.50. The van der Waals surface area contributed by atoms with Crippen molar-refractivity contribution in [1.82, 2.24) is 10.3 Å². The fraction of sp³-hybridized carbons (Fsp3) is 0.174. The van der Waals surface area contributed by atoms with Crippen molar-refractivity contribution >= 4 is 34.5 Å². The van der Waals surface area contributed by atoms with E-state index in [4.69, 9.17) is 9.47 Å². The highest BCUT2D eigenvalue weighted by atomic mass is 32.2. The summed E-state index contributed by atoms with van der Waals surface area (Å²) in [5, 5.41) is 3.17. The fourth-order valence-corrected chi connectivity index (χ4v) is 3.34. The van der Waals surface area contributed by atoms with Gasteiger partial charge in [-0.1, -0.05) is 42.1 Å². The number of hydrogen-bond acceptors (Lipinski definition) is 6. The van der Waals surface area contributed by atoms with Gasteiger partial charge in [0.1, 0.15) is 11.4 Å². The van der Waals surface area contributed by atoms with E-state index in [1.54, 1.807) is 43.8 Å². The van der Waals surface area contributed by atoms with Gasteiger partial charge in [-0.15, -0.1) is 0 Å². The number of amides is 1. The first-order valence-electron chi connectivity index (χ1n) is 9.46. The highest BCUT2D eigenvalue weighted by molar-refractivity contribution is 8.13. The van der Waals surface area contributed by atoms with Crippen LogP contribution >= 0.6 is 11.8 Å². The molecule has 0 aliphatic heterocycles. The van der Waals surface area contributed by atoms with E-state index in [9.17, 15) is 9.59 Å². The van der Waals surface area contributed by atoms with Crippen molar-refractivity contribution in [3.63, 3.8) is 0 Å². The molecule has 3 rings (SSSR count). The van der Waals surface area contributed by atoms with Crippen LogP contribution in [-0.4, -0.2) is 42.5 Å². The van der Waals surface area contributed by atoms with E-state index < -0.39 is 5.97 Å². The van der Waals surface area contributed by atoms with Crippen LogP contribution in [0.1, 0.15) is 32.0 Å². The number of rotatable bonds is 6. The number of nitrogens with one attached hydrogen (secondary N) is 2. The van der Waals surface area contributed by atoms with Crippen molar-refractivity contribution in [1.29, 1.82) is 0 Å². The zero-order valence-corrected chi connectivity index (χ0v) is 18.3. The molecule has 2 aromatic carbocycles. The van der Waals surface area contributed by atoms with Gasteiger partial charge in [-0.05, 0) is 36.1 Å². The Morgan fingerprint density at radius 3 is 2.55 bits per heavy atom. The van der Waals surface area contributed by atoms with Crippen molar-refractivity contribution in [3.05, 3.63) is 83.2 Å². The third-order valence-corrected chi connectivity index (χ3v) is 5.09. The van der Waals surface area contributed by atoms with Gasteiger partial charge in [0.25, 0.3) is 5.91 Å². The molecular weight excluding hydrogens is 414 g/mol. The number of esters is 1. The second-order valence-corrected chi connectivity index (χ2v) is 7.29. The Bertz CT molecular complexity index is 1090. The maximum atomic E-state index is 12.5. The van der Waals surface area contributed by atoms with Crippen LogP contribution in [0, 0.1) is 0 Å². The SMILES string of the molecule is COC(=O)c1[nH]cc(Cc2cccc(OC)c2)c1N=C(NC(=O)c1ccccc1)SC. The first-order chi connectivity index (χ1) is 15.0. The number of ether oxygens (including phenoxy) is 2. The lowest BCUT2D eigenvalue weighted by Crippen LogP contribution is -2.28. The van der Waals surface area contributed by atoms with E-state index in [1.165, 1.54) is 18.9 Å². The normalized spacial score (nSPS) is 11.1. The van der Waals surface area contributed by atoms with Crippen LogP contribution in [0.3, 0.4) is 0 Å². The lowest BCUT2D eigenvalue weighted by Gasteiger charge is -2.09. The van der Waals surface area contributed by atoms with Gasteiger partial charge in [-0.3, -0.25) is 4.79 Å². The number of hydrogen-bond donors (Lipinski definition) is 2. The number of amidine groups is 1. The van der Waals surface area contributed by atoms with Crippen molar-refractivity contribution in [2.45, 2.75) is 6.42 Å². The highest BCUT2D eigenvalue weighted by Crippen LogP contribution is 2.29. The van der Waals surface area contributed by atoms with E-state index in [-0.39, 0.29) is 11.6 Å². The summed E-state index contributed by atoms with van der Waals surface area (Å²) in [4.78, 5) is 32.4.